The minimum Gasteiger partial charge on any atom is -0.380 e. The number of nitrogens with zero attached hydrogens (tertiary/aromatic N) is 2. The lowest BCUT2D eigenvalue weighted by Gasteiger charge is -2.39. The van der Waals surface area contributed by atoms with E-state index in [-0.39, 0.29) is 36.0 Å². The molecule has 0 aromatic heterocycles. The number of rotatable bonds is 4. The number of anilines is 1. The summed E-state index contributed by atoms with van der Waals surface area (Å²) < 4.78 is 5.67. The Morgan fingerprint density at radius 3 is 2.72 bits per heavy atom. The fourth-order valence-electron chi connectivity index (χ4n) is 4.62. The van der Waals surface area contributed by atoms with Crippen molar-refractivity contribution < 1.29 is 9.53 Å². The van der Waals surface area contributed by atoms with Crippen LogP contribution in [-0.4, -0.2) is 48.9 Å². The third-order valence-corrected chi connectivity index (χ3v) is 6.26. The first-order chi connectivity index (χ1) is 13.9. The molecular formula is C21H30N6O2. The van der Waals surface area contributed by atoms with Gasteiger partial charge in [0.15, 0.2) is 0 Å². The smallest absolute Gasteiger partial charge is 0.228 e. The van der Waals surface area contributed by atoms with Gasteiger partial charge in [-0.1, -0.05) is 12.1 Å². The Labute approximate surface area is 171 Å². The molecule has 1 aromatic rings. The van der Waals surface area contributed by atoms with Gasteiger partial charge in [-0.05, 0) is 44.4 Å². The maximum absolute atomic E-state index is 12.7. The number of ether oxygens (including phenoxy) is 1. The Morgan fingerprint density at radius 1 is 1.28 bits per heavy atom. The van der Waals surface area contributed by atoms with E-state index in [1.165, 1.54) is 0 Å². The molecule has 5 N–H and O–H groups in total. The molecule has 156 valence electrons. The number of nitrogens with one attached hydrogen (secondary N) is 3. The van der Waals surface area contributed by atoms with Crippen molar-refractivity contribution in [3.8, 4) is 6.07 Å². The number of carbonyl (C=O) groups excluding carboxylic acids is 1. The minimum atomic E-state index is -0.400. The summed E-state index contributed by atoms with van der Waals surface area (Å²) in [5, 5.41) is 18.2. The number of benzene rings is 1. The Kier molecular flexibility index (Phi) is 5.49. The van der Waals surface area contributed by atoms with Gasteiger partial charge in [-0.25, -0.2) is 10.4 Å². The molecule has 8 heteroatoms. The van der Waals surface area contributed by atoms with Gasteiger partial charge in [0.25, 0.3) is 0 Å². The topological polar surface area (TPSA) is 115 Å². The average molecular weight is 399 g/mol. The van der Waals surface area contributed by atoms with Crippen LogP contribution in [0.3, 0.4) is 0 Å². The maximum Gasteiger partial charge on any atom is 0.228 e. The van der Waals surface area contributed by atoms with Crippen molar-refractivity contribution in [2.75, 3.05) is 25.1 Å². The number of nitrogens with two attached hydrogens (primary N) is 1. The molecule has 3 unspecified atom stereocenters. The number of carbonyl (C=O) groups is 1. The van der Waals surface area contributed by atoms with Gasteiger partial charge in [-0.3, -0.25) is 4.79 Å². The molecule has 4 rings (SSSR count). The third kappa shape index (κ3) is 3.96. The van der Waals surface area contributed by atoms with Crippen molar-refractivity contribution in [2.24, 2.45) is 17.6 Å². The summed E-state index contributed by atoms with van der Waals surface area (Å²) in [5.41, 5.74) is 11.2. The first-order valence-electron chi connectivity index (χ1n) is 10.3. The predicted molar refractivity (Wildman–Crippen MR) is 109 cm³/mol. The molecule has 3 fully saturated rings. The van der Waals surface area contributed by atoms with Crippen LogP contribution >= 0.6 is 0 Å². The van der Waals surface area contributed by atoms with E-state index in [9.17, 15) is 10.1 Å². The summed E-state index contributed by atoms with van der Waals surface area (Å²) in [7, 11) is 0. The van der Waals surface area contributed by atoms with Gasteiger partial charge in [-0.2, -0.15) is 5.26 Å². The zero-order valence-corrected chi connectivity index (χ0v) is 17.0. The summed E-state index contributed by atoms with van der Waals surface area (Å²) >= 11 is 0. The summed E-state index contributed by atoms with van der Waals surface area (Å²) in [6, 6.07) is 10.4. The normalized spacial score (nSPS) is 32.9. The van der Waals surface area contributed by atoms with Crippen molar-refractivity contribution in [3.05, 3.63) is 29.8 Å². The van der Waals surface area contributed by atoms with Gasteiger partial charge in [0.1, 0.15) is 6.17 Å². The van der Waals surface area contributed by atoms with Crippen LogP contribution in [0.5, 0.6) is 0 Å². The largest absolute Gasteiger partial charge is 0.380 e. The molecule has 0 aliphatic carbocycles. The van der Waals surface area contributed by atoms with Crippen LogP contribution in [0.4, 0.5) is 5.69 Å². The van der Waals surface area contributed by atoms with Crippen LogP contribution in [0.1, 0.15) is 32.3 Å². The van der Waals surface area contributed by atoms with Crippen molar-refractivity contribution >= 4 is 11.6 Å². The van der Waals surface area contributed by atoms with Gasteiger partial charge in [0.2, 0.25) is 5.91 Å². The van der Waals surface area contributed by atoms with Crippen LogP contribution in [-0.2, 0) is 15.1 Å². The first kappa shape index (κ1) is 20.1. The number of hydrogen-bond donors (Lipinski definition) is 4. The molecular weight excluding hydrogens is 368 g/mol. The quantitative estimate of drug-likeness (QED) is 0.595. The molecule has 1 aromatic carbocycles. The predicted octanol–water partition coefficient (Wildman–Crippen LogP) is 0.872. The molecule has 3 heterocycles. The second-order valence-corrected chi connectivity index (χ2v) is 8.80. The van der Waals surface area contributed by atoms with E-state index in [2.05, 4.69) is 27.1 Å². The fourth-order valence-corrected chi connectivity index (χ4v) is 4.62. The molecule has 8 nitrogen and oxygen atoms in total. The van der Waals surface area contributed by atoms with Crippen molar-refractivity contribution in [1.29, 1.82) is 5.26 Å². The fraction of sp³-hybridized carbons (Fsp3) is 0.619. The van der Waals surface area contributed by atoms with Crippen LogP contribution < -0.4 is 21.8 Å². The highest BCUT2D eigenvalue weighted by atomic mass is 16.5. The standard InChI is InChI=1S/C21H30N6O2/c1-21(2,23)14-3-5-15(6-4-14)25-19-18-16(7-9-24-20(18)28)27(26-19)17-12-29-10-8-13(17)11-22/h3-6,13,16-19,25-26H,7-10,12,23H2,1-2H3,(H,24,28)/t13-,16?,17+,18?,19?/m1/s1. The second-order valence-electron chi connectivity index (χ2n) is 8.80. The Bertz CT molecular complexity index is 784. The van der Waals surface area contributed by atoms with E-state index >= 15 is 0 Å². The van der Waals surface area contributed by atoms with E-state index in [1.807, 2.05) is 38.1 Å². The number of piperidine rings is 1. The van der Waals surface area contributed by atoms with Crippen LogP contribution in [0.2, 0.25) is 0 Å². The van der Waals surface area contributed by atoms with Crippen molar-refractivity contribution in [1.82, 2.24) is 15.8 Å². The zero-order chi connectivity index (χ0) is 20.6. The van der Waals surface area contributed by atoms with Crippen molar-refractivity contribution in [2.45, 2.75) is 50.5 Å². The molecule has 29 heavy (non-hydrogen) atoms. The molecule has 0 radical (unpaired) electrons. The molecule has 3 saturated heterocycles. The summed E-state index contributed by atoms with van der Waals surface area (Å²) in [5.74, 6) is -0.305. The Balaban J connectivity index is 1.55. The number of amides is 1. The highest BCUT2D eigenvalue weighted by molar-refractivity contribution is 5.82. The van der Waals surface area contributed by atoms with E-state index in [0.29, 0.717) is 19.8 Å². The van der Waals surface area contributed by atoms with Gasteiger partial charge in [0.05, 0.1) is 30.6 Å². The molecule has 0 spiro atoms. The van der Waals surface area contributed by atoms with Crippen molar-refractivity contribution in [3.63, 3.8) is 0 Å². The van der Waals surface area contributed by atoms with E-state index in [0.717, 1.165) is 24.1 Å². The third-order valence-electron chi connectivity index (χ3n) is 6.26. The van der Waals surface area contributed by atoms with Gasteiger partial charge in [0, 0.05) is 30.4 Å². The lowest BCUT2D eigenvalue weighted by Crippen LogP contribution is -2.56. The summed E-state index contributed by atoms with van der Waals surface area (Å²) in [6.45, 7) is 5.71. The lowest BCUT2D eigenvalue weighted by molar-refractivity contribution is -0.128. The van der Waals surface area contributed by atoms with Gasteiger partial charge < -0.3 is 21.1 Å². The second kappa shape index (κ2) is 7.92. The molecule has 3 aliphatic rings. The van der Waals surface area contributed by atoms with E-state index < -0.39 is 5.54 Å². The first-order valence-corrected chi connectivity index (χ1v) is 10.3. The summed E-state index contributed by atoms with van der Waals surface area (Å²) in [4.78, 5) is 12.7. The molecule has 0 bridgehead atoms. The number of hydrazine groups is 1. The minimum absolute atomic E-state index is 0.0334. The molecule has 1 amide bonds. The number of hydrogen-bond acceptors (Lipinski definition) is 7. The number of nitriles is 1. The molecule has 0 saturated carbocycles. The number of fused-ring (bicyclic) bond motifs is 1. The lowest BCUT2D eigenvalue weighted by atomic mass is 9.88. The average Bonchev–Trinajstić information content (AvgIpc) is 3.07. The highest BCUT2D eigenvalue weighted by Gasteiger charge is 2.51. The van der Waals surface area contributed by atoms with Crippen LogP contribution in [0.25, 0.3) is 0 Å². The zero-order valence-electron chi connectivity index (χ0n) is 17.0. The van der Waals surface area contributed by atoms with Crippen LogP contribution in [0.15, 0.2) is 24.3 Å². The van der Waals surface area contributed by atoms with Gasteiger partial charge >= 0.3 is 0 Å². The Hall–Kier alpha value is -2.18. The highest BCUT2D eigenvalue weighted by Crippen LogP contribution is 2.33. The maximum atomic E-state index is 12.7. The SMILES string of the molecule is CC(C)(N)c1ccc(NC2NN([C@H]3COCC[C@@H]3C#N)C3CCNC(=O)C23)cc1. The summed E-state index contributed by atoms with van der Waals surface area (Å²) in [6.07, 6.45) is 1.31. The Morgan fingerprint density at radius 2 is 2.03 bits per heavy atom. The van der Waals surface area contributed by atoms with E-state index in [4.69, 9.17) is 10.5 Å². The molecule has 3 aliphatic heterocycles. The monoisotopic (exact) mass is 398 g/mol. The van der Waals surface area contributed by atoms with E-state index in [1.54, 1.807) is 0 Å². The van der Waals surface area contributed by atoms with Crippen LogP contribution in [0, 0.1) is 23.2 Å². The molecule has 5 atom stereocenters. The van der Waals surface area contributed by atoms with Gasteiger partial charge in [-0.15, -0.1) is 0 Å².